The fraction of sp³-hybridized carbons (Fsp3) is 0.375. The maximum Gasteiger partial charge on any atom is 0.264 e. The highest BCUT2D eigenvalue weighted by Gasteiger charge is 2.34. The predicted octanol–water partition coefficient (Wildman–Crippen LogP) is 5.94. The van der Waals surface area contributed by atoms with Crippen molar-refractivity contribution in [3.05, 3.63) is 89.2 Å². The van der Waals surface area contributed by atoms with Gasteiger partial charge in [-0.15, -0.1) is 0 Å². The zero-order valence-electron chi connectivity index (χ0n) is 24.3. The van der Waals surface area contributed by atoms with Gasteiger partial charge in [-0.05, 0) is 67.3 Å². The fourth-order valence-electron chi connectivity index (χ4n) is 5.28. The van der Waals surface area contributed by atoms with Crippen molar-refractivity contribution in [2.75, 3.05) is 18.0 Å². The average Bonchev–Trinajstić information content (AvgIpc) is 3.02. The normalized spacial score (nSPS) is 14.5. The second-order valence-electron chi connectivity index (χ2n) is 10.6. The van der Waals surface area contributed by atoms with Crippen LogP contribution in [0.1, 0.15) is 51.0 Å². The molecule has 0 spiro atoms. The lowest BCUT2D eigenvalue weighted by Gasteiger charge is -2.34. The van der Waals surface area contributed by atoms with E-state index in [9.17, 15) is 22.4 Å². The summed E-state index contributed by atoms with van der Waals surface area (Å²) in [6.45, 7) is 1.24. The van der Waals surface area contributed by atoms with E-state index in [0.29, 0.717) is 12.2 Å². The summed E-state index contributed by atoms with van der Waals surface area (Å²) in [6.07, 6.45) is 5.26. The molecule has 1 aliphatic rings. The number of nitrogens with one attached hydrogen (secondary N) is 1. The van der Waals surface area contributed by atoms with Gasteiger partial charge in [0.05, 0.1) is 22.7 Å². The van der Waals surface area contributed by atoms with Crippen molar-refractivity contribution in [3.8, 4) is 5.75 Å². The Bertz CT molecular complexity index is 1500. The summed E-state index contributed by atoms with van der Waals surface area (Å²) in [6, 6.07) is 17.4. The first-order chi connectivity index (χ1) is 20.6. The lowest BCUT2D eigenvalue weighted by Crippen LogP contribution is -2.54. The number of carbonyl (C=O) groups excluding carboxylic acids is 2. The number of amides is 2. The molecule has 1 saturated carbocycles. The van der Waals surface area contributed by atoms with E-state index in [4.69, 9.17) is 16.3 Å². The van der Waals surface area contributed by atoms with E-state index in [2.05, 4.69) is 5.32 Å². The van der Waals surface area contributed by atoms with Crippen LogP contribution in [0.2, 0.25) is 5.02 Å². The number of hydrogen-bond donors (Lipinski definition) is 1. The van der Waals surface area contributed by atoms with Gasteiger partial charge in [0, 0.05) is 12.6 Å². The van der Waals surface area contributed by atoms with E-state index < -0.39 is 34.3 Å². The maximum absolute atomic E-state index is 14.2. The molecule has 0 heterocycles. The second-order valence-corrected chi connectivity index (χ2v) is 12.8. The molecule has 1 atom stereocenters. The van der Waals surface area contributed by atoms with Gasteiger partial charge in [-0.1, -0.05) is 68.1 Å². The molecule has 4 rings (SSSR count). The number of ether oxygens (including phenoxy) is 1. The molecule has 11 heteroatoms. The standard InChI is InChI=1S/C32H37ClFN3O5S/c1-3-30(32(39)35-24-10-6-4-7-11-24)36(21-23-14-17-26(42-2)18-15-23)31(38)22-37(25-16-19-29(34)28(33)20-25)43(40,41)27-12-8-5-9-13-27/h5,8-9,12-20,24,30H,3-4,6-7,10-11,21-22H2,1-2H3,(H,35,39). The zero-order valence-corrected chi connectivity index (χ0v) is 25.9. The van der Waals surface area contributed by atoms with Crippen molar-refractivity contribution in [1.82, 2.24) is 10.2 Å². The Morgan fingerprint density at radius 1 is 1.02 bits per heavy atom. The molecule has 3 aromatic carbocycles. The minimum atomic E-state index is -4.28. The van der Waals surface area contributed by atoms with Gasteiger partial charge in [0.15, 0.2) is 0 Å². The summed E-state index contributed by atoms with van der Waals surface area (Å²) in [4.78, 5) is 29.2. The highest BCUT2D eigenvalue weighted by Crippen LogP contribution is 2.29. The van der Waals surface area contributed by atoms with Crippen molar-refractivity contribution < 1.29 is 27.1 Å². The Hall–Kier alpha value is -3.63. The lowest BCUT2D eigenvalue weighted by atomic mass is 9.95. The quantitative estimate of drug-likeness (QED) is 0.268. The summed E-state index contributed by atoms with van der Waals surface area (Å²) in [7, 11) is -2.73. The van der Waals surface area contributed by atoms with Crippen molar-refractivity contribution in [3.63, 3.8) is 0 Å². The van der Waals surface area contributed by atoms with Crippen LogP contribution in [0.25, 0.3) is 0 Å². The molecule has 3 aromatic rings. The van der Waals surface area contributed by atoms with Crippen LogP contribution in [-0.2, 0) is 26.2 Å². The number of halogens is 2. The summed E-state index contributed by atoms with van der Waals surface area (Å²) >= 11 is 6.04. The topological polar surface area (TPSA) is 96.0 Å². The van der Waals surface area contributed by atoms with Crippen molar-refractivity contribution >= 4 is 39.1 Å². The predicted molar refractivity (Wildman–Crippen MR) is 165 cm³/mol. The number of rotatable bonds is 12. The smallest absolute Gasteiger partial charge is 0.264 e. The number of hydrogen-bond acceptors (Lipinski definition) is 5. The Morgan fingerprint density at radius 3 is 2.30 bits per heavy atom. The van der Waals surface area contributed by atoms with Gasteiger partial charge in [-0.2, -0.15) is 0 Å². The molecular weight excluding hydrogens is 593 g/mol. The number of anilines is 1. The molecule has 1 aliphatic carbocycles. The zero-order chi connectivity index (χ0) is 31.0. The lowest BCUT2D eigenvalue weighted by molar-refractivity contribution is -0.140. The molecule has 1 N–H and O–H groups in total. The first-order valence-electron chi connectivity index (χ1n) is 14.4. The van der Waals surface area contributed by atoms with Gasteiger partial charge in [-0.25, -0.2) is 12.8 Å². The van der Waals surface area contributed by atoms with Crippen LogP contribution in [0.5, 0.6) is 5.75 Å². The van der Waals surface area contributed by atoms with Crippen molar-refractivity contribution in [1.29, 1.82) is 0 Å². The first kappa shape index (κ1) is 32.3. The van der Waals surface area contributed by atoms with Crippen LogP contribution in [0.4, 0.5) is 10.1 Å². The van der Waals surface area contributed by atoms with Crippen LogP contribution in [-0.4, -0.2) is 50.9 Å². The van der Waals surface area contributed by atoms with Crippen molar-refractivity contribution in [2.45, 2.75) is 69.0 Å². The molecule has 43 heavy (non-hydrogen) atoms. The minimum absolute atomic E-state index is 0.0210. The third kappa shape index (κ3) is 8.06. The molecular formula is C32H37ClFN3O5S. The SMILES string of the molecule is CCC(C(=O)NC1CCCCC1)N(Cc1ccc(OC)cc1)C(=O)CN(c1ccc(F)c(Cl)c1)S(=O)(=O)c1ccccc1. The second kappa shape index (κ2) is 14.7. The summed E-state index contributed by atoms with van der Waals surface area (Å²) < 4.78 is 48.0. The number of benzene rings is 3. The molecule has 0 aromatic heterocycles. The Morgan fingerprint density at radius 2 is 1.70 bits per heavy atom. The Kier molecular flexibility index (Phi) is 11.0. The van der Waals surface area contributed by atoms with E-state index >= 15 is 0 Å². The highest BCUT2D eigenvalue weighted by atomic mass is 35.5. The molecule has 0 saturated heterocycles. The van der Waals surface area contributed by atoms with Crippen LogP contribution in [0, 0.1) is 5.82 Å². The maximum atomic E-state index is 14.2. The van der Waals surface area contributed by atoms with Crippen LogP contribution < -0.4 is 14.4 Å². The monoisotopic (exact) mass is 629 g/mol. The summed E-state index contributed by atoms with van der Waals surface area (Å²) in [5.41, 5.74) is 0.757. The highest BCUT2D eigenvalue weighted by molar-refractivity contribution is 7.92. The number of methoxy groups -OCH3 is 1. The van der Waals surface area contributed by atoms with Crippen LogP contribution in [0.15, 0.2) is 77.7 Å². The summed E-state index contributed by atoms with van der Waals surface area (Å²) in [5, 5.41) is 2.83. The molecule has 0 bridgehead atoms. The average molecular weight is 630 g/mol. The van der Waals surface area contributed by atoms with E-state index in [0.717, 1.165) is 48.0 Å². The van der Waals surface area contributed by atoms with Gasteiger partial charge in [0.2, 0.25) is 11.8 Å². The van der Waals surface area contributed by atoms with Gasteiger partial charge in [0.1, 0.15) is 24.2 Å². The molecule has 1 unspecified atom stereocenters. The van der Waals surface area contributed by atoms with Gasteiger partial charge in [0.25, 0.3) is 10.0 Å². The third-order valence-electron chi connectivity index (χ3n) is 7.65. The van der Waals surface area contributed by atoms with E-state index in [1.807, 2.05) is 6.92 Å². The number of nitrogens with zero attached hydrogens (tertiary/aromatic N) is 2. The third-order valence-corrected chi connectivity index (χ3v) is 9.73. The molecule has 0 radical (unpaired) electrons. The Balaban J connectivity index is 1.71. The van der Waals surface area contributed by atoms with Crippen molar-refractivity contribution in [2.24, 2.45) is 0 Å². The van der Waals surface area contributed by atoms with E-state index in [1.165, 1.54) is 29.2 Å². The molecule has 2 amide bonds. The summed E-state index contributed by atoms with van der Waals surface area (Å²) in [5.74, 6) is -0.961. The molecule has 1 fully saturated rings. The van der Waals surface area contributed by atoms with E-state index in [1.54, 1.807) is 49.6 Å². The number of sulfonamides is 1. The minimum Gasteiger partial charge on any atom is -0.497 e. The Labute approximate surface area is 257 Å². The van der Waals surface area contributed by atoms with Gasteiger partial charge in [-0.3, -0.25) is 13.9 Å². The van der Waals surface area contributed by atoms with Gasteiger partial charge >= 0.3 is 0 Å². The number of carbonyl (C=O) groups is 2. The van der Waals surface area contributed by atoms with Crippen LogP contribution >= 0.6 is 11.6 Å². The molecule has 230 valence electrons. The van der Waals surface area contributed by atoms with Crippen LogP contribution in [0.3, 0.4) is 0 Å². The molecule has 8 nitrogen and oxygen atoms in total. The molecule has 0 aliphatic heterocycles. The first-order valence-corrected chi connectivity index (χ1v) is 16.2. The van der Waals surface area contributed by atoms with E-state index in [-0.39, 0.29) is 34.1 Å². The fourth-order valence-corrected chi connectivity index (χ4v) is 6.88. The largest absolute Gasteiger partial charge is 0.497 e. The van der Waals surface area contributed by atoms with Gasteiger partial charge < -0.3 is 15.0 Å².